The molecule has 10 heteroatoms. The molecule has 2 atom stereocenters. The van der Waals surface area contributed by atoms with E-state index in [1.165, 1.54) is 26.4 Å². The maximum absolute atomic E-state index is 13.5. The van der Waals surface area contributed by atoms with Gasteiger partial charge in [-0.15, -0.1) is 0 Å². The number of hydrogen-bond acceptors (Lipinski definition) is 7. The van der Waals surface area contributed by atoms with Gasteiger partial charge in [0.2, 0.25) is 10.0 Å². The van der Waals surface area contributed by atoms with Crippen LogP contribution in [0.2, 0.25) is 0 Å². The molecule has 0 bridgehead atoms. The molecule has 0 aromatic heterocycles. The minimum atomic E-state index is -4.21. The van der Waals surface area contributed by atoms with Gasteiger partial charge in [0, 0.05) is 23.7 Å². The molecule has 3 aromatic carbocycles. The van der Waals surface area contributed by atoms with E-state index < -0.39 is 27.8 Å². The molecule has 9 nitrogen and oxygen atoms in total. The van der Waals surface area contributed by atoms with Crippen molar-refractivity contribution in [3.63, 3.8) is 0 Å². The summed E-state index contributed by atoms with van der Waals surface area (Å²) >= 11 is 0. The van der Waals surface area contributed by atoms with Gasteiger partial charge in [-0.1, -0.05) is 30.3 Å². The van der Waals surface area contributed by atoms with Crippen LogP contribution in [0.1, 0.15) is 41.4 Å². The van der Waals surface area contributed by atoms with Crippen molar-refractivity contribution in [3.8, 4) is 17.2 Å². The summed E-state index contributed by atoms with van der Waals surface area (Å²) in [4.78, 5) is 12.8. The van der Waals surface area contributed by atoms with Gasteiger partial charge in [0.25, 0.3) is 5.91 Å². The zero-order valence-electron chi connectivity index (χ0n) is 21.7. The van der Waals surface area contributed by atoms with E-state index in [1.54, 1.807) is 38.1 Å². The van der Waals surface area contributed by atoms with Crippen molar-refractivity contribution in [1.29, 1.82) is 0 Å². The van der Waals surface area contributed by atoms with Crippen molar-refractivity contribution in [2.45, 2.75) is 42.9 Å². The summed E-state index contributed by atoms with van der Waals surface area (Å²) in [6.45, 7) is 3.76. The minimum absolute atomic E-state index is 0.117. The van der Waals surface area contributed by atoms with Crippen LogP contribution < -0.4 is 24.2 Å². The monoisotopic (exact) mass is 540 g/mol. The smallest absolute Gasteiger partial charge is 0.251 e. The number of methoxy groups -OCH3 is 2. The van der Waals surface area contributed by atoms with Crippen LogP contribution in [0.5, 0.6) is 17.2 Å². The van der Waals surface area contributed by atoms with E-state index in [2.05, 4.69) is 10.0 Å². The van der Waals surface area contributed by atoms with Crippen molar-refractivity contribution in [2.24, 2.45) is 0 Å². The Morgan fingerprint density at radius 2 is 1.76 bits per heavy atom. The second kappa shape index (κ2) is 11.0. The van der Waals surface area contributed by atoms with Crippen LogP contribution in [0, 0.1) is 0 Å². The first kappa shape index (κ1) is 27.4. The first-order valence-corrected chi connectivity index (χ1v) is 13.6. The Bertz CT molecular complexity index is 1410. The average Bonchev–Trinajstić information content (AvgIpc) is 2.91. The quantitative estimate of drug-likeness (QED) is 0.381. The van der Waals surface area contributed by atoms with Crippen LogP contribution in [-0.4, -0.2) is 51.9 Å². The number of aliphatic hydroxyl groups excluding tert-OH is 1. The number of rotatable bonds is 9. The third-order valence-corrected chi connectivity index (χ3v) is 7.95. The Morgan fingerprint density at radius 1 is 1.03 bits per heavy atom. The van der Waals surface area contributed by atoms with Gasteiger partial charge in [-0.2, -0.15) is 0 Å². The number of aliphatic hydroxyl groups is 1. The summed E-state index contributed by atoms with van der Waals surface area (Å²) in [5.41, 5.74) is 0.644. The second-order valence-electron chi connectivity index (χ2n) is 9.51. The summed E-state index contributed by atoms with van der Waals surface area (Å²) in [5, 5.41) is 14.1. The van der Waals surface area contributed by atoms with E-state index in [9.17, 15) is 18.3 Å². The van der Waals surface area contributed by atoms with Crippen LogP contribution in [0.25, 0.3) is 0 Å². The van der Waals surface area contributed by atoms with Crippen molar-refractivity contribution < 1.29 is 32.5 Å². The van der Waals surface area contributed by atoms with E-state index >= 15 is 0 Å². The third-order valence-electron chi connectivity index (χ3n) is 6.49. The number of sulfonamides is 1. The highest BCUT2D eigenvalue weighted by Gasteiger charge is 2.45. The fraction of sp³-hybridized carbons (Fsp3) is 0.321. The number of amides is 1. The maximum Gasteiger partial charge on any atom is 0.251 e. The number of carbonyl (C=O) groups is 1. The first-order chi connectivity index (χ1) is 18.1. The number of carbonyl (C=O) groups excluding carboxylic acids is 1. The van der Waals surface area contributed by atoms with Gasteiger partial charge in [0.05, 0.1) is 20.3 Å². The molecule has 0 radical (unpaired) electrons. The number of benzene rings is 3. The fourth-order valence-corrected chi connectivity index (χ4v) is 5.77. The van der Waals surface area contributed by atoms with Crippen LogP contribution in [0.3, 0.4) is 0 Å². The minimum Gasteiger partial charge on any atom is -0.497 e. The molecule has 1 aliphatic heterocycles. The molecule has 3 N–H and O–H groups in total. The topological polar surface area (TPSA) is 123 Å². The number of hydrogen-bond donors (Lipinski definition) is 3. The van der Waals surface area contributed by atoms with Gasteiger partial charge in [-0.3, -0.25) is 4.79 Å². The van der Waals surface area contributed by atoms with Gasteiger partial charge < -0.3 is 24.6 Å². The summed E-state index contributed by atoms with van der Waals surface area (Å²) in [6.07, 6.45) is -0.601. The Hall–Kier alpha value is -3.60. The van der Waals surface area contributed by atoms with Crippen molar-refractivity contribution in [2.75, 3.05) is 20.8 Å². The molecule has 0 saturated heterocycles. The lowest BCUT2D eigenvalue weighted by molar-refractivity contribution is -0.0603. The van der Waals surface area contributed by atoms with E-state index in [0.29, 0.717) is 35.6 Å². The summed E-state index contributed by atoms with van der Waals surface area (Å²) in [6, 6.07) is 17.9. The molecule has 0 spiro atoms. The van der Waals surface area contributed by atoms with Gasteiger partial charge in [0.15, 0.2) is 0 Å². The molecule has 0 aliphatic carbocycles. The summed E-state index contributed by atoms with van der Waals surface area (Å²) in [7, 11) is -1.41. The normalized spacial score (nSPS) is 18.1. The SMILES string of the molecule is COc1ccc(OC)c(S(=O)(=O)N[C@@H]2c3cc(C(=O)NCCc4ccccc4)ccc3OC(C)(C)[C@H]2O)c1. The molecule has 4 rings (SSSR count). The lowest BCUT2D eigenvalue weighted by Gasteiger charge is -2.42. The largest absolute Gasteiger partial charge is 0.497 e. The Morgan fingerprint density at radius 3 is 2.45 bits per heavy atom. The summed E-state index contributed by atoms with van der Waals surface area (Å²) < 4.78 is 46.1. The molecule has 38 heavy (non-hydrogen) atoms. The van der Waals surface area contributed by atoms with E-state index in [4.69, 9.17) is 14.2 Å². The van der Waals surface area contributed by atoms with Crippen molar-refractivity contribution >= 4 is 15.9 Å². The maximum atomic E-state index is 13.5. The van der Waals surface area contributed by atoms with E-state index in [0.717, 1.165) is 5.56 Å². The molecule has 0 unspecified atom stereocenters. The zero-order valence-corrected chi connectivity index (χ0v) is 22.5. The highest BCUT2D eigenvalue weighted by Crippen LogP contribution is 2.41. The Balaban J connectivity index is 1.63. The zero-order chi connectivity index (χ0) is 27.5. The highest BCUT2D eigenvalue weighted by atomic mass is 32.2. The lowest BCUT2D eigenvalue weighted by Crippen LogP contribution is -2.53. The average molecular weight is 541 g/mol. The van der Waals surface area contributed by atoms with Crippen molar-refractivity contribution in [3.05, 3.63) is 83.4 Å². The van der Waals surface area contributed by atoms with Gasteiger partial charge in [0.1, 0.15) is 33.8 Å². The van der Waals surface area contributed by atoms with Crippen LogP contribution in [0.4, 0.5) is 0 Å². The lowest BCUT2D eigenvalue weighted by atomic mass is 9.86. The molecule has 202 valence electrons. The van der Waals surface area contributed by atoms with Crippen LogP contribution in [0.15, 0.2) is 71.6 Å². The van der Waals surface area contributed by atoms with Gasteiger partial charge >= 0.3 is 0 Å². The van der Waals surface area contributed by atoms with Gasteiger partial charge in [-0.05, 0) is 56.2 Å². The standard InChI is InChI=1S/C28H32N2O7S/c1-28(2)26(31)25(30-38(33,34)24-17-20(35-3)11-13-23(24)36-4)21-16-19(10-12-22(21)37-28)27(32)29-15-14-18-8-6-5-7-9-18/h5-13,16-17,25-26,30-31H,14-15H2,1-4H3,(H,29,32)/t25-,26+/m1/s1. The van der Waals surface area contributed by atoms with E-state index in [-0.39, 0.29) is 16.6 Å². The third kappa shape index (κ3) is 5.77. The first-order valence-electron chi connectivity index (χ1n) is 12.1. The van der Waals surface area contributed by atoms with Crippen LogP contribution in [-0.2, 0) is 16.4 Å². The predicted octanol–water partition coefficient (Wildman–Crippen LogP) is 3.23. The molecule has 1 heterocycles. The van der Waals surface area contributed by atoms with Crippen LogP contribution >= 0.6 is 0 Å². The highest BCUT2D eigenvalue weighted by molar-refractivity contribution is 7.89. The molecule has 3 aromatic rings. The number of fused-ring (bicyclic) bond motifs is 1. The fourth-order valence-electron chi connectivity index (χ4n) is 4.36. The molecule has 0 saturated carbocycles. The Kier molecular flexibility index (Phi) is 7.96. The van der Waals surface area contributed by atoms with E-state index in [1.807, 2.05) is 30.3 Å². The predicted molar refractivity (Wildman–Crippen MR) is 142 cm³/mol. The number of nitrogens with one attached hydrogen (secondary N) is 2. The van der Waals surface area contributed by atoms with Crippen molar-refractivity contribution in [1.82, 2.24) is 10.0 Å². The summed E-state index contributed by atoms with van der Waals surface area (Å²) in [5.74, 6) is 0.491. The molecule has 1 aliphatic rings. The molecular formula is C28H32N2O7S. The molecular weight excluding hydrogens is 508 g/mol. The number of ether oxygens (including phenoxy) is 3. The molecule has 1 amide bonds. The van der Waals surface area contributed by atoms with Gasteiger partial charge in [-0.25, -0.2) is 13.1 Å². The Labute approximate surface area is 222 Å². The molecule has 0 fully saturated rings. The second-order valence-corrected chi connectivity index (χ2v) is 11.2.